The third kappa shape index (κ3) is 3.46. The van der Waals surface area contributed by atoms with E-state index in [4.69, 9.17) is 16.3 Å². The Morgan fingerprint density at radius 3 is 2.60 bits per heavy atom. The molecule has 0 unspecified atom stereocenters. The number of morpholine rings is 1. The molecule has 1 heterocycles. The van der Waals surface area contributed by atoms with Gasteiger partial charge in [-0.1, -0.05) is 11.6 Å². The Bertz CT molecular complexity index is 466. The highest BCUT2D eigenvalue weighted by Crippen LogP contribution is 2.28. The van der Waals surface area contributed by atoms with Gasteiger partial charge in [0.1, 0.15) is 0 Å². The maximum atomic E-state index is 6.17. The molecule has 3 nitrogen and oxygen atoms in total. The number of nitrogens with zero attached hydrogens (tertiary/aromatic N) is 1. The van der Waals surface area contributed by atoms with Crippen LogP contribution < -0.4 is 10.2 Å². The minimum atomic E-state index is 0.277. The van der Waals surface area contributed by atoms with Gasteiger partial charge in [0.15, 0.2) is 0 Å². The van der Waals surface area contributed by atoms with Crippen molar-refractivity contribution in [2.45, 2.75) is 51.5 Å². The third-order valence-corrected chi connectivity index (χ3v) is 4.20. The van der Waals surface area contributed by atoms with Crippen molar-refractivity contribution in [1.82, 2.24) is 5.32 Å². The van der Waals surface area contributed by atoms with Crippen LogP contribution in [0.5, 0.6) is 0 Å². The second kappa shape index (κ2) is 5.92. The van der Waals surface area contributed by atoms with Crippen LogP contribution in [0.1, 0.15) is 32.3 Å². The summed E-state index contributed by atoms with van der Waals surface area (Å²) in [6.45, 7) is 7.08. The molecule has 0 spiro atoms. The summed E-state index contributed by atoms with van der Waals surface area (Å²) in [5, 5.41) is 4.40. The van der Waals surface area contributed by atoms with Crippen molar-refractivity contribution in [3.05, 3.63) is 28.8 Å². The normalized spacial score (nSPS) is 26.9. The zero-order valence-electron chi connectivity index (χ0n) is 12.2. The number of hydrogen-bond acceptors (Lipinski definition) is 3. The highest BCUT2D eigenvalue weighted by molar-refractivity contribution is 6.30. The van der Waals surface area contributed by atoms with Gasteiger partial charge < -0.3 is 15.0 Å². The van der Waals surface area contributed by atoms with Crippen molar-refractivity contribution in [2.75, 3.05) is 18.0 Å². The minimum absolute atomic E-state index is 0.277. The Balaban J connectivity index is 1.79. The minimum Gasteiger partial charge on any atom is -0.372 e. The summed E-state index contributed by atoms with van der Waals surface area (Å²) >= 11 is 6.17. The fourth-order valence-electron chi connectivity index (χ4n) is 2.92. The fraction of sp³-hybridized carbons (Fsp3) is 0.625. The molecule has 110 valence electrons. The molecule has 1 N–H and O–H groups in total. The van der Waals surface area contributed by atoms with Crippen molar-refractivity contribution < 1.29 is 4.74 Å². The van der Waals surface area contributed by atoms with Crippen LogP contribution in [0.4, 0.5) is 5.69 Å². The van der Waals surface area contributed by atoms with Crippen LogP contribution in [-0.2, 0) is 11.3 Å². The summed E-state index contributed by atoms with van der Waals surface area (Å²) in [5.74, 6) is 0. The number of halogens is 1. The Morgan fingerprint density at radius 1 is 1.25 bits per heavy atom. The molecule has 20 heavy (non-hydrogen) atoms. The Kier molecular flexibility index (Phi) is 4.20. The molecule has 4 heteroatoms. The summed E-state index contributed by atoms with van der Waals surface area (Å²) in [7, 11) is 0. The molecule has 3 rings (SSSR count). The van der Waals surface area contributed by atoms with E-state index in [-0.39, 0.29) is 12.2 Å². The molecular formula is C16H23ClN2O. The largest absolute Gasteiger partial charge is 0.372 e. The van der Waals surface area contributed by atoms with Gasteiger partial charge in [-0.25, -0.2) is 0 Å². The standard InChI is InChI=1S/C16H23ClN2O/c1-11-9-19(10-12(2)20-11)16-6-3-14(17)7-13(16)8-18-15-4-5-15/h3,6-7,11-12,15,18H,4-5,8-10H2,1-2H3/t11-,12+. The predicted octanol–water partition coefficient (Wildman–Crippen LogP) is 3.21. The van der Waals surface area contributed by atoms with Gasteiger partial charge in [-0.05, 0) is 50.5 Å². The molecule has 1 aliphatic heterocycles. The van der Waals surface area contributed by atoms with Gasteiger partial charge in [0.05, 0.1) is 12.2 Å². The lowest BCUT2D eigenvalue weighted by molar-refractivity contribution is -0.00526. The highest BCUT2D eigenvalue weighted by Gasteiger charge is 2.25. The summed E-state index contributed by atoms with van der Waals surface area (Å²) in [5.41, 5.74) is 2.59. The average molecular weight is 295 g/mol. The molecule has 1 saturated heterocycles. The number of rotatable bonds is 4. The van der Waals surface area contributed by atoms with Crippen molar-refractivity contribution >= 4 is 17.3 Å². The first-order valence-electron chi connectivity index (χ1n) is 7.54. The summed E-state index contributed by atoms with van der Waals surface area (Å²) in [6.07, 6.45) is 3.17. The molecule has 1 aromatic carbocycles. The number of nitrogens with one attached hydrogen (secondary N) is 1. The van der Waals surface area contributed by atoms with Crippen LogP contribution in [-0.4, -0.2) is 31.3 Å². The zero-order valence-corrected chi connectivity index (χ0v) is 13.0. The second-order valence-corrected chi connectivity index (χ2v) is 6.53. The van der Waals surface area contributed by atoms with E-state index in [2.05, 4.69) is 36.2 Å². The lowest BCUT2D eigenvalue weighted by atomic mass is 10.1. The smallest absolute Gasteiger partial charge is 0.0726 e. The van der Waals surface area contributed by atoms with E-state index in [1.807, 2.05) is 6.07 Å². The fourth-order valence-corrected chi connectivity index (χ4v) is 3.12. The summed E-state index contributed by atoms with van der Waals surface area (Å²) < 4.78 is 5.83. The molecule has 1 saturated carbocycles. The first kappa shape index (κ1) is 14.2. The molecular weight excluding hydrogens is 272 g/mol. The molecule has 0 amide bonds. The van der Waals surface area contributed by atoms with Crippen molar-refractivity contribution in [2.24, 2.45) is 0 Å². The first-order chi connectivity index (χ1) is 9.61. The first-order valence-corrected chi connectivity index (χ1v) is 7.92. The van der Waals surface area contributed by atoms with Crippen LogP contribution in [0, 0.1) is 0 Å². The van der Waals surface area contributed by atoms with E-state index >= 15 is 0 Å². The predicted molar refractivity (Wildman–Crippen MR) is 83.5 cm³/mol. The molecule has 2 aliphatic rings. The molecule has 1 aliphatic carbocycles. The second-order valence-electron chi connectivity index (χ2n) is 6.09. The lowest BCUT2D eigenvalue weighted by Crippen LogP contribution is -2.46. The SMILES string of the molecule is C[C@@H]1CN(c2ccc(Cl)cc2CNC2CC2)C[C@H](C)O1. The molecule has 2 atom stereocenters. The molecule has 0 aromatic heterocycles. The quantitative estimate of drug-likeness (QED) is 0.923. The van der Waals surface area contributed by atoms with Crippen LogP contribution >= 0.6 is 11.6 Å². The maximum Gasteiger partial charge on any atom is 0.0726 e. The molecule has 0 radical (unpaired) electrons. The molecule has 0 bridgehead atoms. The highest BCUT2D eigenvalue weighted by atomic mass is 35.5. The van der Waals surface area contributed by atoms with Gasteiger partial charge in [-0.2, -0.15) is 0 Å². The van der Waals surface area contributed by atoms with Crippen LogP contribution in [0.3, 0.4) is 0 Å². The number of anilines is 1. The van der Waals surface area contributed by atoms with Crippen LogP contribution in [0.2, 0.25) is 5.02 Å². The Morgan fingerprint density at radius 2 is 1.95 bits per heavy atom. The third-order valence-electron chi connectivity index (χ3n) is 3.96. The van der Waals surface area contributed by atoms with Crippen molar-refractivity contribution in [3.63, 3.8) is 0 Å². The van der Waals surface area contributed by atoms with Gasteiger partial charge in [0.25, 0.3) is 0 Å². The van der Waals surface area contributed by atoms with Gasteiger partial charge in [0, 0.05) is 36.4 Å². The van der Waals surface area contributed by atoms with E-state index in [9.17, 15) is 0 Å². The van der Waals surface area contributed by atoms with E-state index in [1.54, 1.807) is 0 Å². The Labute approximate surface area is 126 Å². The topological polar surface area (TPSA) is 24.5 Å². The number of hydrogen-bond donors (Lipinski definition) is 1. The molecule has 2 fully saturated rings. The van der Waals surface area contributed by atoms with Gasteiger partial charge in [-0.3, -0.25) is 0 Å². The summed E-state index contributed by atoms with van der Waals surface area (Å²) in [6, 6.07) is 6.94. The maximum absolute atomic E-state index is 6.17. The van der Waals surface area contributed by atoms with E-state index in [0.29, 0.717) is 6.04 Å². The van der Waals surface area contributed by atoms with Crippen LogP contribution in [0.25, 0.3) is 0 Å². The number of benzene rings is 1. The van der Waals surface area contributed by atoms with Crippen molar-refractivity contribution in [1.29, 1.82) is 0 Å². The van der Waals surface area contributed by atoms with Gasteiger partial charge >= 0.3 is 0 Å². The van der Waals surface area contributed by atoms with Crippen molar-refractivity contribution in [3.8, 4) is 0 Å². The Hall–Kier alpha value is -0.770. The van der Waals surface area contributed by atoms with E-state index < -0.39 is 0 Å². The molecule has 1 aromatic rings. The lowest BCUT2D eigenvalue weighted by Gasteiger charge is -2.38. The van der Waals surface area contributed by atoms with Gasteiger partial charge in [0.2, 0.25) is 0 Å². The summed E-state index contributed by atoms with van der Waals surface area (Å²) in [4.78, 5) is 2.43. The van der Waals surface area contributed by atoms with Crippen LogP contribution in [0.15, 0.2) is 18.2 Å². The zero-order chi connectivity index (χ0) is 14.1. The monoisotopic (exact) mass is 294 g/mol. The van der Waals surface area contributed by atoms with E-state index in [1.165, 1.54) is 24.1 Å². The average Bonchev–Trinajstić information content (AvgIpc) is 3.19. The number of ether oxygens (including phenoxy) is 1. The van der Waals surface area contributed by atoms with Gasteiger partial charge in [-0.15, -0.1) is 0 Å². The van der Waals surface area contributed by atoms with E-state index in [0.717, 1.165) is 24.7 Å².